The summed E-state index contributed by atoms with van der Waals surface area (Å²) in [5, 5.41) is 13.2. The van der Waals surface area contributed by atoms with Crippen LogP contribution in [0.15, 0.2) is 52.6 Å². The predicted octanol–water partition coefficient (Wildman–Crippen LogP) is 0.760. The lowest BCUT2D eigenvalue weighted by molar-refractivity contribution is -0.136. The lowest BCUT2D eigenvalue weighted by Crippen LogP contribution is -2.31. The van der Waals surface area contributed by atoms with E-state index in [1.807, 2.05) is 0 Å². The molecule has 2 aromatic carbocycles. The van der Waals surface area contributed by atoms with Crippen LogP contribution in [0.4, 0.5) is 5.69 Å². The number of amides is 1. The van der Waals surface area contributed by atoms with E-state index in [1.165, 1.54) is 30.2 Å². The van der Waals surface area contributed by atoms with Crippen molar-refractivity contribution in [2.75, 3.05) is 32.1 Å². The van der Waals surface area contributed by atoms with E-state index in [0.717, 1.165) is 0 Å². The molecule has 1 heterocycles. The maximum Gasteiger partial charge on any atom is 0.337 e. The van der Waals surface area contributed by atoms with Crippen molar-refractivity contribution in [3.8, 4) is 0 Å². The molecule has 0 aliphatic carbocycles. The summed E-state index contributed by atoms with van der Waals surface area (Å²) in [6, 6.07) is 9.03. The summed E-state index contributed by atoms with van der Waals surface area (Å²) < 4.78 is 36.4. The van der Waals surface area contributed by atoms with Crippen LogP contribution < -0.4 is 5.32 Å². The molecule has 0 saturated carbocycles. The summed E-state index contributed by atoms with van der Waals surface area (Å²) in [6.45, 7) is -0.125. The Hall–Kier alpha value is -2.95. The third-order valence-electron chi connectivity index (χ3n) is 4.33. The fourth-order valence-electron chi connectivity index (χ4n) is 2.96. The highest BCUT2D eigenvalue weighted by molar-refractivity contribution is 7.85. The summed E-state index contributed by atoms with van der Waals surface area (Å²) >= 11 is 0. The summed E-state index contributed by atoms with van der Waals surface area (Å²) in [5.41, 5.74) is 0.722. The van der Waals surface area contributed by atoms with E-state index in [0.29, 0.717) is 16.5 Å². The first-order valence-electron chi connectivity index (χ1n) is 8.24. The average Bonchev–Trinajstić information content (AvgIpc) is 2.96. The molecule has 0 atom stereocenters. The largest absolute Gasteiger partial charge is 0.466 e. The molecule has 0 spiro atoms. The number of esters is 1. The van der Waals surface area contributed by atoms with Gasteiger partial charge in [0.2, 0.25) is 0 Å². The van der Waals surface area contributed by atoms with E-state index in [9.17, 15) is 18.0 Å². The van der Waals surface area contributed by atoms with Crippen LogP contribution in [0.1, 0.15) is 0 Å². The Morgan fingerprint density at radius 2 is 1.89 bits per heavy atom. The van der Waals surface area contributed by atoms with Crippen molar-refractivity contribution in [1.82, 2.24) is 4.90 Å². The Bertz CT molecular complexity index is 1090. The van der Waals surface area contributed by atoms with Gasteiger partial charge in [-0.05, 0) is 35.0 Å². The van der Waals surface area contributed by atoms with Gasteiger partial charge in [-0.1, -0.05) is 12.1 Å². The van der Waals surface area contributed by atoms with E-state index in [4.69, 9.17) is 14.4 Å². The molecule has 1 aliphatic heterocycles. The highest BCUT2D eigenvalue weighted by atomic mass is 32.2. The van der Waals surface area contributed by atoms with E-state index < -0.39 is 22.0 Å². The maximum absolute atomic E-state index is 12.5. The number of rotatable bonds is 6. The number of methoxy groups -OCH3 is 1. The fraction of sp³-hybridized carbons (Fsp3) is 0.222. The van der Waals surface area contributed by atoms with Gasteiger partial charge in [0, 0.05) is 12.2 Å². The van der Waals surface area contributed by atoms with Gasteiger partial charge >= 0.3 is 5.97 Å². The van der Waals surface area contributed by atoms with Crippen LogP contribution in [0.5, 0.6) is 0 Å². The molecule has 0 fully saturated rings. The van der Waals surface area contributed by atoms with Crippen LogP contribution in [0.25, 0.3) is 10.8 Å². The topological polar surface area (TPSA) is 133 Å². The molecule has 0 radical (unpaired) electrons. The number of aliphatic hydroxyl groups is 1. The van der Waals surface area contributed by atoms with Crippen molar-refractivity contribution in [1.29, 1.82) is 0 Å². The second-order valence-electron chi connectivity index (χ2n) is 6.12. The van der Waals surface area contributed by atoms with Gasteiger partial charge in [0.15, 0.2) is 0 Å². The van der Waals surface area contributed by atoms with Gasteiger partial charge in [-0.25, -0.2) is 4.79 Å². The first-order chi connectivity index (χ1) is 13.2. The van der Waals surface area contributed by atoms with Gasteiger partial charge in [0.1, 0.15) is 5.70 Å². The molecule has 0 unspecified atom stereocenters. The van der Waals surface area contributed by atoms with Crippen LogP contribution in [-0.4, -0.2) is 61.7 Å². The van der Waals surface area contributed by atoms with E-state index in [1.54, 1.807) is 18.2 Å². The van der Waals surface area contributed by atoms with Gasteiger partial charge < -0.3 is 20.1 Å². The van der Waals surface area contributed by atoms with Crippen molar-refractivity contribution in [2.45, 2.75) is 4.90 Å². The van der Waals surface area contributed by atoms with Crippen LogP contribution in [0.2, 0.25) is 0 Å². The minimum Gasteiger partial charge on any atom is -0.466 e. The Balaban J connectivity index is 1.95. The number of nitrogens with zero attached hydrogens (tertiary/aromatic N) is 1. The molecule has 1 amide bonds. The van der Waals surface area contributed by atoms with E-state index in [-0.39, 0.29) is 35.9 Å². The lowest BCUT2D eigenvalue weighted by Gasteiger charge is -2.15. The van der Waals surface area contributed by atoms with Crippen LogP contribution in [-0.2, 0) is 24.4 Å². The molecule has 0 saturated heterocycles. The van der Waals surface area contributed by atoms with Gasteiger partial charge in [-0.15, -0.1) is 0 Å². The molecule has 0 bridgehead atoms. The van der Waals surface area contributed by atoms with Crippen molar-refractivity contribution in [3.05, 3.63) is 47.7 Å². The van der Waals surface area contributed by atoms with Crippen LogP contribution in [0, 0.1) is 0 Å². The third kappa shape index (κ3) is 3.84. The van der Waals surface area contributed by atoms with Crippen molar-refractivity contribution >= 4 is 38.5 Å². The number of ether oxygens (including phenoxy) is 1. The number of hydrogen-bond donors (Lipinski definition) is 3. The van der Waals surface area contributed by atoms with Gasteiger partial charge in [-0.3, -0.25) is 9.35 Å². The second-order valence-corrected chi connectivity index (χ2v) is 7.54. The summed E-state index contributed by atoms with van der Waals surface area (Å²) in [6.07, 6.45) is 0. The number of nitrogens with one attached hydrogen (secondary N) is 1. The molecular weight excluding hydrogens is 388 g/mol. The fourth-order valence-corrected chi connectivity index (χ4v) is 3.47. The minimum atomic E-state index is -4.31. The number of carbonyl (C=O) groups excluding carboxylic acids is 2. The summed E-state index contributed by atoms with van der Waals surface area (Å²) in [5.74, 6) is -1.08. The van der Waals surface area contributed by atoms with Crippen molar-refractivity contribution in [3.63, 3.8) is 0 Å². The molecule has 3 rings (SSSR count). The first kappa shape index (κ1) is 19.8. The number of benzene rings is 2. The average molecular weight is 406 g/mol. The number of β-amino-alcohol motifs (C(OH)–C–C–N with tert-alkyl or cyclic N) is 1. The normalized spacial score (nSPS) is 14.7. The molecule has 2 aromatic rings. The Kier molecular flexibility index (Phi) is 5.36. The number of aliphatic hydroxyl groups excluding tert-OH is 1. The van der Waals surface area contributed by atoms with Gasteiger partial charge in [-0.2, -0.15) is 8.42 Å². The van der Waals surface area contributed by atoms with Gasteiger partial charge in [0.25, 0.3) is 16.0 Å². The maximum atomic E-state index is 12.5. The number of anilines is 1. The molecule has 1 aliphatic rings. The minimum absolute atomic E-state index is 0.0275. The second kappa shape index (κ2) is 7.58. The lowest BCUT2D eigenvalue weighted by atomic mass is 10.1. The monoisotopic (exact) mass is 406 g/mol. The van der Waals surface area contributed by atoms with Crippen LogP contribution in [0.3, 0.4) is 0 Å². The summed E-state index contributed by atoms with van der Waals surface area (Å²) in [4.78, 5) is 25.7. The zero-order valence-electron chi connectivity index (χ0n) is 14.9. The summed E-state index contributed by atoms with van der Waals surface area (Å²) in [7, 11) is -3.09. The molecule has 10 heteroatoms. The highest BCUT2D eigenvalue weighted by Crippen LogP contribution is 2.26. The molecule has 0 aromatic heterocycles. The van der Waals surface area contributed by atoms with Crippen molar-refractivity contribution in [2.24, 2.45) is 0 Å². The third-order valence-corrected chi connectivity index (χ3v) is 5.18. The molecule has 3 N–H and O–H groups in total. The predicted molar refractivity (Wildman–Crippen MR) is 100 cm³/mol. The number of fused-ring (bicyclic) bond motifs is 1. The highest BCUT2D eigenvalue weighted by Gasteiger charge is 2.34. The Morgan fingerprint density at radius 3 is 2.54 bits per heavy atom. The molecule has 9 nitrogen and oxygen atoms in total. The van der Waals surface area contributed by atoms with E-state index in [2.05, 4.69) is 5.32 Å². The zero-order valence-corrected chi connectivity index (χ0v) is 15.7. The van der Waals surface area contributed by atoms with Gasteiger partial charge in [0.05, 0.1) is 30.7 Å². The smallest absolute Gasteiger partial charge is 0.337 e. The van der Waals surface area contributed by atoms with E-state index >= 15 is 0 Å². The number of carbonyl (C=O) groups is 2. The Labute approximate surface area is 161 Å². The number of hydrogen-bond acceptors (Lipinski definition) is 7. The van der Waals surface area contributed by atoms with Crippen LogP contribution >= 0.6 is 0 Å². The SMILES string of the molecule is COC(=O)C1=C(Nc2ccc3cc(S(=O)(=O)O)ccc3c2)C(=O)N(CCO)C1. The zero-order chi connectivity index (χ0) is 20.5. The Morgan fingerprint density at radius 1 is 1.21 bits per heavy atom. The quantitative estimate of drug-likeness (QED) is 0.473. The molecule has 148 valence electrons. The molecule has 28 heavy (non-hydrogen) atoms. The standard InChI is InChI=1S/C18H18N2O7S/c1-27-18(23)15-10-20(6-7-21)17(22)16(15)19-13-4-2-12-9-14(28(24,25)26)5-3-11(12)8-13/h2-5,8-9,19,21H,6-7,10H2,1H3,(H,24,25,26). The first-order valence-corrected chi connectivity index (χ1v) is 9.68. The van der Waals surface area contributed by atoms with Crippen molar-refractivity contribution < 1.29 is 32.4 Å². The molecular formula is C18H18N2O7S.